The van der Waals surface area contributed by atoms with Crippen LogP contribution in [0.2, 0.25) is 10.0 Å². The second kappa shape index (κ2) is 6.30. The van der Waals surface area contributed by atoms with Crippen LogP contribution in [0.15, 0.2) is 55.0 Å². The Labute approximate surface area is 137 Å². The van der Waals surface area contributed by atoms with Crippen LogP contribution in [-0.2, 0) is 0 Å². The number of halogens is 2. The molecule has 22 heavy (non-hydrogen) atoms. The van der Waals surface area contributed by atoms with E-state index in [2.05, 4.69) is 15.3 Å². The van der Waals surface area contributed by atoms with Crippen LogP contribution in [0.4, 0.5) is 5.69 Å². The summed E-state index contributed by atoms with van der Waals surface area (Å²) in [5.74, 6) is -0.119. The molecule has 4 nitrogen and oxygen atoms in total. The molecule has 0 aliphatic rings. The number of hydrogen-bond acceptors (Lipinski definition) is 3. The molecule has 1 heterocycles. The zero-order valence-corrected chi connectivity index (χ0v) is 12.9. The summed E-state index contributed by atoms with van der Waals surface area (Å²) in [5, 5.41) is 13.4. The van der Waals surface area contributed by atoms with E-state index in [1.807, 2.05) is 30.3 Å². The average molecular weight is 334 g/mol. The molecule has 0 saturated carbocycles. The molecule has 3 N–H and O–H groups in total. The predicted molar refractivity (Wildman–Crippen MR) is 88.6 cm³/mol. The Kier molecular flexibility index (Phi) is 4.22. The van der Waals surface area contributed by atoms with Crippen LogP contribution in [0.3, 0.4) is 0 Å². The van der Waals surface area contributed by atoms with Gasteiger partial charge in [0.05, 0.1) is 34.3 Å². The Morgan fingerprint density at radius 2 is 1.77 bits per heavy atom. The van der Waals surface area contributed by atoms with Crippen LogP contribution >= 0.6 is 23.2 Å². The Balaban J connectivity index is 1.98. The van der Waals surface area contributed by atoms with Crippen molar-refractivity contribution in [3.8, 4) is 5.75 Å². The summed E-state index contributed by atoms with van der Waals surface area (Å²) in [7, 11) is 0. The lowest BCUT2D eigenvalue weighted by molar-refractivity contribution is 0.476. The molecule has 3 aromatic rings. The first-order valence-electron chi connectivity index (χ1n) is 6.63. The Morgan fingerprint density at radius 3 is 2.36 bits per heavy atom. The maximum atomic E-state index is 9.66. The number of aromatic nitrogens is 2. The number of anilines is 1. The molecule has 1 atom stereocenters. The largest absolute Gasteiger partial charge is 0.505 e. The zero-order chi connectivity index (χ0) is 15.5. The van der Waals surface area contributed by atoms with E-state index in [1.54, 1.807) is 24.7 Å². The highest BCUT2D eigenvalue weighted by molar-refractivity contribution is 6.37. The highest BCUT2D eigenvalue weighted by Crippen LogP contribution is 2.36. The van der Waals surface area contributed by atoms with Crippen molar-refractivity contribution in [3.05, 3.63) is 76.3 Å². The third-order valence-electron chi connectivity index (χ3n) is 3.29. The molecule has 112 valence electrons. The van der Waals surface area contributed by atoms with Gasteiger partial charge in [-0.2, -0.15) is 0 Å². The van der Waals surface area contributed by atoms with Gasteiger partial charge in [-0.3, -0.25) is 0 Å². The van der Waals surface area contributed by atoms with Crippen molar-refractivity contribution in [1.29, 1.82) is 0 Å². The lowest BCUT2D eigenvalue weighted by Gasteiger charge is -2.20. The van der Waals surface area contributed by atoms with Crippen molar-refractivity contribution in [1.82, 2.24) is 9.97 Å². The van der Waals surface area contributed by atoms with Crippen LogP contribution in [0.25, 0.3) is 0 Å². The van der Waals surface area contributed by atoms with E-state index in [0.29, 0.717) is 5.69 Å². The van der Waals surface area contributed by atoms with Gasteiger partial charge in [0, 0.05) is 5.69 Å². The molecule has 0 aliphatic heterocycles. The van der Waals surface area contributed by atoms with E-state index in [4.69, 9.17) is 23.2 Å². The van der Waals surface area contributed by atoms with Gasteiger partial charge >= 0.3 is 0 Å². The van der Waals surface area contributed by atoms with Gasteiger partial charge in [-0.1, -0.05) is 53.5 Å². The van der Waals surface area contributed by atoms with Crippen molar-refractivity contribution in [3.63, 3.8) is 0 Å². The van der Waals surface area contributed by atoms with E-state index in [1.165, 1.54) is 0 Å². The van der Waals surface area contributed by atoms with Gasteiger partial charge in [0.1, 0.15) is 0 Å². The molecule has 0 bridgehead atoms. The summed E-state index contributed by atoms with van der Waals surface area (Å²) in [6, 6.07) is 13.1. The normalized spacial score (nSPS) is 12.1. The first-order valence-corrected chi connectivity index (χ1v) is 7.38. The topological polar surface area (TPSA) is 60.9 Å². The number of nitrogens with one attached hydrogen (secondary N) is 2. The molecule has 0 aliphatic carbocycles. The summed E-state index contributed by atoms with van der Waals surface area (Å²) in [6.07, 6.45) is 3.39. The maximum Gasteiger partial charge on any atom is 0.152 e. The first-order chi connectivity index (χ1) is 10.6. The molecule has 2 aromatic carbocycles. The van der Waals surface area contributed by atoms with E-state index in [0.717, 1.165) is 11.3 Å². The number of rotatable bonds is 4. The summed E-state index contributed by atoms with van der Waals surface area (Å²) in [5.41, 5.74) is 2.68. The number of phenolic OH excluding ortho intramolecular Hbond substituents is 1. The third-order valence-corrected chi connectivity index (χ3v) is 3.87. The Morgan fingerprint density at radius 1 is 1.09 bits per heavy atom. The molecular formula is C16H13Cl2N3O. The molecule has 0 saturated heterocycles. The molecule has 1 unspecified atom stereocenters. The molecule has 0 fully saturated rings. The van der Waals surface area contributed by atoms with Crippen molar-refractivity contribution < 1.29 is 5.11 Å². The smallest absolute Gasteiger partial charge is 0.152 e. The van der Waals surface area contributed by atoms with Gasteiger partial charge in [-0.15, -0.1) is 0 Å². The van der Waals surface area contributed by atoms with Gasteiger partial charge in [0.2, 0.25) is 0 Å². The highest BCUT2D eigenvalue weighted by Gasteiger charge is 2.16. The number of imidazole rings is 1. The molecule has 1 aromatic heterocycles. The van der Waals surface area contributed by atoms with Crippen LogP contribution in [0.1, 0.15) is 17.3 Å². The summed E-state index contributed by atoms with van der Waals surface area (Å²) >= 11 is 12.0. The van der Waals surface area contributed by atoms with Crippen molar-refractivity contribution in [2.24, 2.45) is 0 Å². The fourth-order valence-electron chi connectivity index (χ4n) is 2.23. The minimum Gasteiger partial charge on any atom is -0.505 e. The molecule has 6 heteroatoms. The zero-order valence-electron chi connectivity index (χ0n) is 11.4. The number of benzene rings is 2. The van der Waals surface area contributed by atoms with Crippen molar-refractivity contribution >= 4 is 28.9 Å². The van der Waals surface area contributed by atoms with E-state index in [-0.39, 0.29) is 21.8 Å². The fraction of sp³-hybridized carbons (Fsp3) is 0.0625. The van der Waals surface area contributed by atoms with Crippen molar-refractivity contribution in [2.75, 3.05) is 5.32 Å². The Hall–Kier alpha value is -2.17. The second-order valence-corrected chi connectivity index (χ2v) is 5.60. The summed E-state index contributed by atoms with van der Waals surface area (Å²) < 4.78 is 0. The van der Waals surface area contributed by atoms with Gasteiger partial charge in [0.15, 0.2) is 5.75 Å². The minimum atomic E-state index is -0.139. The number of phenols is 1. The predicted octanol–water partition coefficient (Wildman–Crippen LogP) is 4.62. The van der Waals surface area contributed by atoms with Gasteiger partial charge in [0.25, 0.3) is 0 Å². The van der Waals surface area contributed by atoms with Crippen LogP contribution < -0.4 is 5.32 Å². The summed E-state index contributed by atoms with van der Waals surface area (Å²) in [6.45, 7) is 0. The number of H-pyrrole nitrogens is 1. The number of nitrogens with zero attached hydrogens (tertiary/aromatic N) is 1. The fourth-order valence-corrected chi connectivity index (χ4v) is 2.71. The van der Waals surface area contributed by atoms with Crippen LogP contribution in [0.5, 0.6) is 5.75 Å². The third kappa shape index (κ3) is 3.03. The van der Waals surface area contributed by atoms with Gasteiger partial charge in [-0.05, 0) is 17.7 Å². The molecule has 0 amide bonds. The lowest BCUT2D eigenvalue weighted by Crippen LogP contribution is -2.12. The van der Waals surface area contributed by atoms with Crippen LogP contribution in [0, 0.1) is 0 Å². The summed E-state index contributed by atoms with van der Waals surface area (Å²) in [4.78, 5) is 7.18. The quantitative estimate of drug-likeness (QED) is 0.610. The number of aromatic hydroxyl groups is 1. The molecule has 0 radical (unpaired) electrons. The van der Waals surface area contributed by atoms with E-state index >= 15 is 0 Å². The standard InChI is InChI=1S/C16H13Cl2N3O/c17-12-6-11(7-13(18)16(12)22)21-15(14-8-19-9-20-14)10-4-2-1-3-5-10/h1-9,15,21-22H,(H,19,20). The van der Waals surface area contributed by atoms with Crippen LogP contribution in [-0.4, -0.2) is 15.1 Å². The highest BCUT2D eigenvalue weighted by atomic mass is 35.5. The van der Waals surface area contributed by atoms with Gasteiger partial charge in [-0.25, -0.2) is 4.98 Å². The maximum absolute atomic E-state index is 9.66. The monoisotopic (exact) mass is 333 g/mol. The minimum absolute atomic E-state index is 0.119. The molecule has 0 spiro atoms. The second-order valence-electron chi connectivity index (χ2n) is 4.78. The van der Waals surface area contributed by atoms with Crippen molar-refractivity contribution in [2.45, 2.75) is 6.04 Å². The van der Waals surface area contributed by atoms with Gasteiger partial charge < -0.3 is 15.4 Å². The average Bonchev–Trinajstić information content (AvgIpc) is 3.05. The van der Waals surface area contributed by atoms with E-state index < -0.39 is 0 Å². The Bertz CT molecular complexity index is 737. The number of hydrogen-bond donors (Lipinski definition) is 3. The SMILES string of the molecule is Oc1c(Cl)cc(NC(c2ccccc2)c2cnc[nH]2)cc1Cl. The van der Waals surface area contributed by atoms with E-state index in [9.17, 15) is 5.11 Å². The molecular weight excluding hydrogens is 321 g/mol. The first kappa shape index (κ1) is 14.8. The molecule has 3 rings (SSSR count). The lowest BCUT2D eigenvalue weighted by atomic mass is 10.0. The number of aromatic amines is 1.